The molecule has 2 heterocycles. The summed E-state index contributed by atoms with van der Waals surface area (Å²) in [6.45, 7) is 0.550. The van der Waals surface area contributed by atoms with Crippen LogP contribution in [0.2, 0.25) is 0 Å². The Balaban J connectivity index is 1.59. The summed E-state index contributed by atoms with van der Waals surface area (Å²) in [5.74, 6) is -0.960. The minimum Gasteiger partial charge on any atom is -0.425 e. The maximum absolute atomic E-state index is 12.5. The van der Waals surface area contributed by atoms with E-state index in [-0.39, 0.29) is 17.6 Å². The van der Waals surface area contributed by atoms with Crippen LogP contribution in [0.1, 0.15) is 33.6 Å². The second-order valence-electron chi connectivity index (χ2n) is 5.91. The van der Waals surface area contributed by atoms with Crippen LogP contribution in [0.15, 0.2) is 48.5 Å². The van der Waals surface area contributed by atoms with Crippen molar-refractivity contribution in [2.24, 2.45) is 0 Å². The number of nitrogens with zero attached hydrogens (tertiary/aromatic N) is 1. The van der Waals surface area contributed by atoms with Gasteiger partial charge < -0.3 is 9.47 Å². The van der Waals surface area contributed by atoms with Crippen LogP contribution in [0.25, 0.3) is 0 Å². The Hall–Kier alpha value is -2.99. The van der Waals surface area contributed by atoms with Crippen molar-refractivity contribution in [3.8, 4) is 5.75 Å². The molecule has 6 heteroatoms. The van der Waals surface area contributed by atoms with Crippen LogP contribution in [-0.4, -0.2) is 30.5 Å². The van der Waals surface area contributed by atoms with Crippen molar-refractivity contribution in [2.75, 3.05) is 11.5 Å². The van der Waals surface area contributed by atoms with Gasteiger partial charge in [-0.2, -0.15) is 0 Å². The standard InChI is InChI=1S/C19H15NO5/c21-17-14-7-1-2-8-15(14)18(22)20(17)12-5-3-6-13(11-12)25-19(23)16-9-4-10-24-16/h1-3,5-8,11,16H,4,9-10H2. The minimum absolute atomic E-state index is 0.273. The Morgan fingerprint density at radius 1 is 1.04 bits per heavy atom. The van der Waals surface area contributed by atoms with Gasteiger partial charge in [-0.3, -0.25) is 9.59 Å². The van der Waals surface area contributed by atoms with Crippen LogP contribution in [-0.2, 0) is 9.53 Å². The van der Waals surface area contributed by atoms with E-state index in [1.807, 2.05) is 0 Å². The first-order chi connectivity index (χ1) is 12.1. The number of esters is 1. The van der Waals surface area contributed by atoms with Crippen LogP contribution >= 0.6 is 0 Å². The van der Waals surface area contributed by atoms with Crippen molar-refractivity contribution < 1.29 is 23.9 Å². The molecule has 4 rings (SSSR count). The highest BCUT2D eigenvalue weighted by Crippen LogP contribution is 2.30. The highest BCUT2D eigenvalue weighted by molar-refractivity contribution is 6.34. The summed E-state index contributed by atoms with van der Waals surface area (Å²) in [6, 6.07) is 13.1. The summed E-state index contributed by atoms with van der Waals surface area (Å²) in [4.78, 5) is 38.2. The second-order valence-corrected chi connectivity index (χ2v) is 5.91. The molecule has 0 aliphatic carbocycles. The number of fused-ring (bicyclic) bond motifs is 1. The highest BCUT2D eigenvalue weighted by atomic mass is 16.6. The topological polar surface area (TPSA) is 72.9 Å². The van der Waals surface area contributed by atoms with Gasteiger partial charge in [-0.25, -0.2) is 9.69 Å². The summed E-state index contributed by atoms with van der Waals surface area (Å²) in [6.07, 6.45) is 0.911. The van der Waals surface area contributed by atoms with Crippen molar-refractivity contribution in [1.29, 1.82) is 0 Å². The fraction of sp³-hybridized carbons (Fsp3) is 0.211. The summed E-state index contributed by atoms with van der Waals surface area (Å²) in [5, 5.41) is 0. The van der Waals surface area contributed by atoms with E-state index in [2.05, 4.69) is 0 Å². The summed E-state index contributed by atoms with van der Waals surface area (Å²) in [5.41, 5.74) is 1.10. The number of hydrogen-bond acceptors (Lipinski definition) is 5. The molecule has 126 valence electrons. The Kier molecular flexibility index (Phi) is 3.82. The number of rotatable bonds is 3. The number of hydrogen-bond donors (Lipinski definition) is 0. The number of imide groups is 1. The average molecular weight is 337 g/mol. The molecule has 2 aromatic carbocycles. The summed E-state index contributed by atoms with van der Waals surface area (Å²) >= 11 is 0. The average Bonchev–Trinajstić information content (AvgIpc) is 3.24. The molecule has 25 heavy (non-hydrogen) atoms. The van der Waals surface area contributed by atoms with E-state index in [0.717, 1.165) is 11.3 Å². The van der Waals surface area contributed by atoms with E-state index < -0.39 is 12.1 Å². The van der Waals surface area contributed by atoms with Gasteiger partial charge in [0.2, 0.25) is 0 Å². The molecule has 1 atom stereocenters. The van der Waals surface area contributed by atoms with Gasteiger partial charge in [0.15, 0.2) is 6.10 Å². The second kappa shape index (κ2) is 6.14. The van der Waals surface area contributed by atoms with Crippen molar-refractivity contribution >= 4 is 23.5 Å². The van der Waals surface area contributed by atoms with Crippen LogP contribution in [0.3, 0.4) is 0 Å². The lowest BCUT2D eigenvalue weighted by atomic mass is 10.1. The molecule has 0 spiro atoms. The van der Waals surface area contributed by atoms with Crippen molar-refractivity contribution in [3.05, 3.63) is 59.7 Å². The van der Waals surface area contributed by atoms with Crippen LogP contribution < -0.4 is 9.64 Å². The first-order valence-corrected chi connectivity index (χ1v) is 8.06. The van der Waals surface area contributed by atoms with E-state index >= 15 is 0 Å². The van der Waals surface area contributed by atoms with Gasteiger partial charge >= 0.3 is 5.97 Å². The van der Waals surface area contributed by atoms with E-state index in [4.69, 9.17) is 9.47 Å². The van der Waals surface area contributed by atoms with Crippen LogP contribution in [0, 0.1) is 0 Å². The van der Waals surface area contributed by atoms with Crippen LogP contribution in [0.5, 0.6) is 5.75 Å². The SMILES string of the molecule is O=C(Oc1cccc(N2C(=O)c3ccccc3C2=O)c1)C1CCCO1. The molecular formula is C19H15NO5. The lowest BCUT2D eigenvalue weighted by Gasteiger charge is -2.15. The highest BCUT2D eigenvalue weighted by Gasteiger charge is 2.36. The smallest absolute Gasteiger partial charge is 0.340 e. The third kappa shape index (κ3) is 2.70. The van der Waals surface area contributed by atoms with E-state index in [1.165, 1.54) is 6.07 Å². The molecule has 1 unspecified atom stereocenters. The summed E-state index contributed by atoms with van der Waals surface area (Å²) in [7, 11) is 0. The molecular weight excluding hydrogens is 322 g/mol. The third-order valence-electron chi connectivity index (χ3n) is 4.28. The quantitative estimate of drug-likeness (QED) is 0.489. The monoisotopic (exact) mass is 337 g/mol. The van der Waals surface area contributed by atoms with Gasteiger partial charge in [0.1, 0.15) is 5.75 Å². The first kappa shape index (κ1) is 15.5. The van der Waals surface area contributed by atoms with Crippen molar-refractivity contribution in [2.45, 2.75) is 18.9 Å². The van der Waals surface area contributed by atoms with Crippen LogP contribution in [0.4, 0.5) is 5.69 Å². The zero-order valence-corrected chi connectivity index (χ0v) is 13.3. The molecule has 0 aromatic heterocycles. The number of amides is 2. The molecule has 6 nitrogen and oxygen atoms in total. The van der Waals surface area contributed by atoms with E-state index in [1.54, 1.807) is 42.5 Å². The number of carbonyl (C=O) groups is 3. The number of carbonyl (C=O) groups excluding carboxylic acids is 3. The van der Waals surface area contributed by atoms with E-state index in [9.17, 15) is 14.4 Å². The number of anilines is 1. The van der Waals surface area contributed by atoms with Gasteiger partial charge in [-0.15, -0.1) is 0 Å². The Morgan fingerprint density at radius 2 is 1.76 bits per heavy atom. The fourth-order valence-electron chi connectivity index (χ4n) is 3.06. The Bertz CT molecular complexity index is 835. The molecule has 0 bridgehead atoms. The normalized spacial score (nSPS) is 19.2. The number of benzene rings is 2. The Morgan fingerprint density at radius 3 is 2.40 bits per heavy atom. The molecule has 2 amide bonds. The molecule has 1 fully saturated rings. The Labute approximate surface area is 144 Å². The predicted molar refractivity (Wildman–Crippen MR) is 88.6 cm³/mol. The maximum atomic E-state index is 12.5. The zero-order chi connectivity index (χ0) is 17.4. The summed E-state index contributed by atoms with van der Waals surface area (Å²) < 4.78 is 10.6. The molecule has 2 aliphatic rings. The minimum atomic E-state index is -0.553. The van der Waals surface area contributed by atoms with E-state index in [0.29, 0.717) is 29.8 Å². The number of ether oxygens (including phenoxy) is 2. The first-order valence-electron chi connectivity index (χ1n) is 8.06. The maximum Gasteiger partial charge on any atom is 0.340 e. The van der Waals surface area contributed by atoms with Gasteiger partial charge in [-0.05, 0) is 37.1 Å². The van der Waals surface area contributed by atoms with Crippen molar-refractivity contribution in [3.63, 3.8) is 0 Å². The molecule has 2 aliphatic heterocycles. The third-order valence-corrected chi connectivity index (χ3v) is 4.28. The molecule has 0 radical (unpaired) electrons. The molecule has 0 N–H and O–H groups in total. The zero-order valence-electron chi connectivity index (χ0n) is 13.3. The molecule has 1 saturated heterocycles. The van der Waals surface area contributed by atoms with Gasteiger partial charge in [-0.1, -0.05) is 18.2 Å². The largest absolute Gasteiger partial charge is 0.425 e. The predicted octanol–water partition coefficient (Wildman–Crippen LogP) is 2.57. The molecule has 0 saturated carbocycles. The fourth-order valence-corrected chi connectivity index (χ4v) is 3.06. The van der Waals surface area contributed by atoms with Crippen molar-refractivity contribution in [1.82, 2.24) is 0 Å². The van der Waals surface area contributed by atoms with Gasteiger partial charge in [0.25, 0.3) is 11.8 Å². The molecule has 2 aromatic rings. The van der Waals surface area contributed by atoms with Gasteiger partial charge in [0, 0.05) is 12.7 Å². The van der Waals surface area contributed by atoms with Gasteiger partial charge in [0.05, 0.1) is 16.8 Å². The lowest BCUT2D eigenvalue weighted by Crippen LogP contribution is -2.29. The lowest BCUT2D eigenvalue weighted by molar-refractivity contribution is -0.144.